The maximum absolute atomic E-state index is 12.6. The molecule has 1 amide bonds. The number of benzene rings is 2. The first-order valence-electron chi connectivity index (χ1n) is 8.49. The molecule has 0 radical (unpaired) electrons. The van der Waals surface area contributed by atoms with Gasteiger partial charge in [-0.05, 0) is 23.8 Å². The maximum Gasteiger partial charge on any atom is 0.291 e. The highest BCUT2D eigenvalue weighted by atomic mass is 35.5. The van der Waals surface area contributed by atoms with E-state index in [0.717, 1.165) is 21.9 Å². The third-order valence-corrected chi connectivity index (χ3v) is 4.82. The van der Waals surface area contributed by atoms with Crippen LogP contribution in [0, 0.1) is 0 Å². The Balaban J connectivity index is 1.68. The molecular formula is C20H17ClN4O2. The number of hydrogen-bond donors (Lipinski definition) is 1. The Morgan fingerprint density at radius 1 is 1.11 bits per heavy atom. The van der Waals surface area contributed by atoms with Crippen molar-refractivity contribution in [1.82, 2.24) is 19.7 Å². The number of nitrogens with one attached hydrogen (secondary N) is 1. The molecule has 0 atom stereocenters. The van der Waals surface area contributed by atoms with Gasteiger partial charge in [0.2, 0.25) is 5.91 Å². The number of aryl methyl sites for hydroxylation is 1. The Labute approximate surface area is 160 Å². The van der Waals surface area contributed by atoms with Crippen LogP contribution in [0.3, 0.4) is 0 Å². The van der Waals surface area contributed by atoms with Crippen molar-refractivity contribution in [3.05, 3.63) is 75.7 Å². The minimum atomic E-state index is -0.228. The first-order valence-corrected chi connectivity index (χ1v) is 8.87. The second-order valence-corrected chi connectivity index (χ2v) is 6.78. The molecule has 0 aliphatic rings. The molecule has 0 spiro atoms. The first kappa shape index (κ1) is 17.3. The van der Waals surface area contributed by atoms with Crippen molar-refractivity contribution in [3.63, 3.8) is 0 Å². The molecule has 0 fully saturated rings. The number of aromatic nitrogens is 3. The summed E-state index contributed by atoms with van der Waals surface area (Å²) >= 11 is 5.88. The second kappa shape index (κ2) is 6.89. The summed E-state index contributed by atoms with van der Waals surface area (Å²) in [6.45, 7) is 0.448. The van der Waals surface area contributed by atoms with E-state index in [-0.39, 0.29) is 18.0 Å². The van der Waals surface area contributed by atoms with Gasteiger partial charge in [0, 0.05) is 34.9 Å². The molecule has 0 aliphatic carbocycles. The number of carbonyl (C=O) groups excluding carboxylic acids is 1. The third kappa shape index (κ3) is 3.19. The average Bonchev–Trinajstić information content (AvgIpc) is 2.99. The van der Waals surface area contributed by atoms with Crippen molar-refractivity contribution < 1.29 is 4.79 Å². The largest absolute Gasteiger partial charge is 0.350 e. The number of rotatable bonds is 4. The van der Waals surface area contributed by atoms with Crippen LogP contribution in [0.4, 0.5) is 0 Å². The molecule has 2 aromatic heterocycles. The van der Waals surface area contributed by atoms with Crippen molar-refractivity contribution in [3.8, 4) is 0 Å². The molecule has 0 saturated heterocycles. The number of hydrogen-bond acceptors (Lipinski definition) is 3. The van der Waals surface area contributed by atoms with Crippen LogP contribution in [-0.4, -0.2) is 20.3 Å². The van der Waals surface area contributed by atoms with E-state index in [9.17, 15) is 9.59 Å². The predicted octanol–water partition coefficient (Wildman–Crippen LogP) is 2.86. The lowest BCUT2D eigenvalue weighted by molar-refractivity contribution is -0.121. The molecule has 6 nitrogen and oxygen atoms in total. The Hall–Kier alpha value is -3.12. The van der Waals surface area contributed by atoms with Gasteiger partial charge in [0.25, 0.3) is 5.56 Å². The second-order valence-electron chi connectivity index (χ2n) is 6.34. The number of halogens is 1. The van der Waals surface area contributed by atoms with Crippen LogP contribution in [0.15, 0.2) is 59.5 Å². The van der Waals surface area contributed by atoms with E-state index >= 15 is 0 Å². The summed E-state index contributed by atoms with van der Waals surface area (Å²) in [4.78, 5) is 25.2. The number of carbonyl (C=O) groups is 1. The van der Waals surface area contributed by atoms with Gasteiger partial charge in [-0.25, -0.2) is 4.68 Å². The summed E-state index contributed by atoms with van der Waals surface area (Å²) in [5.74, 6) is -0.175. The Morgan fingerprint density at radius 2 is 1.85 bits per heavy atom. The molecule has 0 unspecified atom stereocenters. The zero-order valence-corrected chi connectivity index (χ0v) is 15.4. The SMILES string of the molecule is Cn1ncc2c3ccccc3n(CC(=O)NCc3ccc(Cl)cc3)c2c1=O. The van der Waals surface area contributed by atoms with Crippen molar-refractivity contribution in [2.45, 2.75) is 13.1 Å². The lowest BCUT2D eigenvalue weighted by Crippen LogP contribution is -2.29. The van der Waals surface area contributed by atoms with Crippen molar-refractivity contribution in [2.24, 2.45) is 7.05 Å². The molecule has 0 aliphatic heterocycles. The molecule has 2 heterocycles. The van der Waals surface area contributed by atoms with Gasteiger partial charge in [0.05, 0.1) is 6.20 Å². The first-order chi connectivity index (χ1) is 13.0. The van der Waals surface area contributed by atoms with E-state index in [4.69, 9.17) is 11.6 Å². The van der Waals surface area contributed by atoms with E-state index < -0.39 is 0 Å². The number of amides is 1. The highest BCUT2D eigenvalue weighted by Crippen LogP contribution is 2.26. The van der Waals surface area contributed by atoms with Gasteiger partial charge in [-0.2, -0.15) is 5.10 Å². The van der Waals surface area contributed by atoms with Gasteiger partial charge in [-0.15, -0.1) is 0 Å². The molecule has 27 heavy (non-hydrogen) atoms. The molecule has 1 N–H and O–H groups in total. The topological polar surface area (TPSA) is 68.9 Å². The molecule has 136 valence electrons. The molecule has 0 bridgehead atoms. The van der Waals surface area contributed by atoms with Crippen LogP contribution < -0.4 is 10.9 Å². The van der Waals surface area contributed by atoms with Crippen LogP contribution in [-0.2, 0) is 24.9 Å². The van der Waals surface area contributed by atoms with Gasteiger partial charge in [0.15, 0.2) is 0 Å². The lowest BCUT2D eigenvalue weighted by Gasteiger charge is -2.09. The van der Waals surface area contributed by atoms with Gasteiger partial charge in [-0.1, -0.05) is 41.9 Å². The van der Waals surface area contributed by atoms with E-state index in [1.165, 1.54) is 4.68 Å². The van der Waals surface area contributed by atoms with E-state index in [2.05, 4.69) is 10.4 Å². The fourth-order valence-electron chi connectivity index (χ4n) is 3.21. The Bertz CT molecular complexity index is 1210. The van der Waals surface area contributed by atoms with Crippen LogP contribution in [0.1, 0.15) is 5.56 Å². The summed E-state index contributed by atoms with van der Waals surface area (Å²) in [6, 6.07) is 14.9. The quantitative estimate of drug-likeness (QED) is 0.592. The fraction of sp³-hybridized carbons (Fsp3) is 0.150. The zero-order valence-electron chi connectivity index (χ0n) is 14.6. The van der Waals surface area contributed by atoms with Crippen LogP contribution in [0.2, 0.25) is 5.02 Å². The molecule has 4 aromatic rings. The Morgan fingerprint density at radius 3 is 2.63 bits per heavy atom. The summed E-state index contributed by atoms with van der Waals surface area (Å²) in [5, 5.41) is 9.31. The summed E-state index contributed by atoms with van der Waals surface area (Å²) in [6.07, 6.45) is 1.67. The minimum absolute atomic E-state index is 0.0524. The predicted molar refractivity (Wildman–Crippen MR) is 106 cm³/mol. The highest BCUT2D eigenvalue weighted by Gasteiger charge is 2.16. The summed E-state index contributed by atoms with van der Waals surface area (Å²) in [5.41, 5.74) is 2.04. The van der Waals surface area contributed by atoms with Crippen LogP contribution in [0.5, 0.6) is 0 Å². The molecule has 7 heteroatoms. The number of fused-ring (bicyclic) bond motifs is 3. The fourth-order valence-corrected chi connectivity index (χ4v) is 3.33. The number of nitrogens with zero attached hydrogens (tertiary/aromatic N) is 3. The minimum Gasteiger partial charge on any atom is -0.350 e. The molecule has 0 saturated carbocycles. The van der Waals surface area contributed by atoms with Crippen molar-refractivity contribution in [2.75, 3.05) is 0 Å². The normalized spacial score (nSPS) is 11.2. The van der Waals surface area contributed by atoms with Gasteiger partial charge in [0.1, 0.15) is 12.1 Å². The molecule has 2 aromatic carbocycles. The van der Waals surface area contributed by atoms with Gasteiger partial charge in [-0.3, -0.25) is 9.59 Å². The van der Waals surface area contributed by atoms with E-state index in [1.54, 1.807) is 29.9 Å². The molecular weight excluding hydrogens is 364 g/mol. The van der Waals surface area contributed by atoms with Crippen molar-refractivity contribution >= 4 is 39.3 Å². The average molecular weight is 381 g/mol. The van der Waals surface area contributed by atoms with Crippen molar-refractivity contribution in [1.29, 1.82) is 0 Å². The standard InChI is InChI=1S/C20H17ClN4O2/c1-24-20(27)19-16(11-23-24)15-4-2-3-5-17(15)25(19)12-18(26)22-10-13-6-8-14(21)9-7-13/h2-9,11H,10,12H2,1H3,(H,22,26). The van der Waals surface area contributed by atoms with E-state index in [0.29, 0.717) is 17.1 Å². The number of para-hydroxylation sites is 1. The monoisotopic (exact) mass is 380 g/mol. The van der Waals surface area contributed by atoms with Crippen LogP contribution >= 0.6 is 11.6 Å². The lowest BCUT2D eigenvalue weighted by atomic mass is 10.2. The smallest absolute Gasteiger partial charge is 0.291 e. The van der Waals surface area contributed by atoms with Gasteiger partial charge < -0.3 is 9.88 Å². The summed E-state index contributed by atoms with van der Waals surface area (Å²) in [7, 11) is 1.60. The zero-order chi connectivity index (χ0) is 19.0. The third-order valence-electron chi connectivity index (χ3n) is 4.57. The van der Waals surface area contributed by atoms with Gasteiger partial charge >= 0.3 is 0 Å². The van der Waals surface area contributed by atoms with Crippen LogP contribution in [0.25, 0.3) is 21.8 Å². The highest BCUT2D eigenvalue weighted by molar-refractivity contribution is 6.30. The van der Waals surface area contributed by atoms with E-state index in [1.807, 2.05) is 36.4 Å². The Kier molecular flexibility index (Phi) is 4.41. The summed E-state index contributed by atoms with van der Waals surface area (Å²) < 4.78 is 3.04. The maximum atomic E-state index is 12.6. The molecule has 4 rings (SSSR count).